The van der Waals surface area contributed by atoms with Crippen LogP contribution in [0.3, 0.4) is 0 Å². The molecule has 0 amide bonds. The molecule has 129 valence electrons. The molecule has 0 unspecified atom stereocenters. The van der Waals surface area contributed by atoms with Crippen LogP contribution in [0, 0.1) is 21.0 Å². The molecule has 25 heavy (non-hydrogen) atoms. The first-order valence-corrected chi connectivity index (χ1v) is 12.2. The molecule has 0 aliphatic carbocycles. The molecule has 0 spiro atoms. The fraction of sp³-hybridized carbons (Fsp3) is 0.100. The molecule has 0 aromatic heterocycles. The minimum atomic E-state index is -3.81. The lowest BCUT2D eigenvalue weighted by atomic mass is 10.2. The van der Waals surface area contributed by atoms with Gasteiger partial charge < -0.3 is 0 Å². The van der Waals surface area contributed by atoms with E-state index in [2.05, 4.69) is 0 Å². The second kappa shape index (κ2) is 7.68. The topological polar surface area (TPSA) is 43.4 Å². The summed E-state index contributed by atoms with van der Waals surface area (Å²) < 4.78 is 33.3. The molecule has 0 fully saturated rings. The zero-order chi connectivity index (χ0) is 17.9. The molecule has 0 atom stereocenters. The van der Waals surface area contributed by atoms with Gasteiger partial charge in [0.15, 0.2) is 7.14 Å². The van der Waals surface area contributed by atoms with Crippen LogP contribution in [0.25, 0.3) is 0 Å². The Morgan fingerprint density at radius 3 is 1.72 bits per heavy atom. The number of benzene rings is 3. The summed E-state index contributed by atoms with van der Waals surface area (Å²) in [4.78, 5) is 0.198. The first-order valence-electron chi connectivity index (χ1n) is 7.79. The third kappa shape index (κ3) is 4.48. The maximum atomic E-state index is 12.8. The smallest absolute Gasteiger partial charge is 0.190 e. The quantitative estimate of drug-likeness (QED) is 0.533. The Morgan fingerprint density at radius 1 is 0.680 bits per heavy atom. The normalized spacial score (nSPS) is 11.6. The van der Waals surface area contributed by atoms with Crippen molar-refractivity contribution in [1.82, 2.24) is 0 Å². The second-order valence-electron chi connectivity index (χ2n) is 5.67. The Hall–Kier alpha value is -1.70. The van der Waals surface area contributed by atoms with Gasteiger partial charge in [-0.15, -0.1) is 0 Å². The van der Waals surface area contributed by atoms with E-state index >= 15 is 0 Å². The van der Waals surface area contributed by atoms with Gasteiger partial charge in [-0.25, -0.2) is 0 Å². The largest absolute Gasteiger partial charge is 0.336 e. The van der Waals surface area contributed by atoms with Crippen LogP contribution < -0.4 is 20.2 Å². The lowest BCUT2D eigenvalue weighted by Crippen LogP contribution is -3.85. The number of halogens is 1. The van der Waals surface area contributed by atoms with E-state index in [9.17, 15) is 8.42 Å². The lowest BCUT2D eigenvalue weighted by molar-refractivity contribution is -1.03. The molecule has 0 heterocycles. The maximum Gasteiger partial charge on any atom is 0.336 e. The molecular formula is C20H19IO3S+. The summed E-state index contributed by atoms with van der Waals surface area (Å²) in [7, 11) is -3.81. The first-order chi connectivity index (χ1) is 12.0. The fourth-order valence-corrected chi connectivity index (χ4v) is 9.14. The molecule has 0 aliphatic heterocycles. The molecule has 0 bridgehead atoms. The fourth-order valence-electron chi connectivity index (χ4n) is 2.20. The summed E-state index contributed by atoms with van der Waals surface area (Å²) >= 11 is -2.58. The monoisotopic (exact) mass is 466 g/mol. The van der Waals surface area contributed by atoms with Crippen molar-refractivity contribution in [2.45, 2.75) is 18.7 Å². The Bertz CT molecular complexity index is 934. The van der Waals surface area contributed by atoms with Gasteiger partial charge in [0.25, 0.3) is 0 Å². The molecular weight excluding hydrogens is 447 g/mol. The summed E-state index contributed by atoms with van der Waals surface area (Å²) in [6, 6.07) is 24.3. The highest BCUT2D eigenvalue weighted by Crippen LogP contribution is 2.11. The molecule has 0 saturated heterocycles. The van der Waals surface area contributed by atoms with Gasteiger partial charge in [-0.3, -0.25) is 0 Å². The zero-order valence-electron chi connectivity index (χ0n) is 14.0. The van der Waals surface area contributed by atoms with E-state index in [0.29, 0.717) is 0 Å². The van der Waals surface area contributed by atoms with Crippen molar-refractivity contribution in [1.29, 1.82) is 0 Å². The SMILES string of the molecule is Cc1ccc([I+](OS(=O)(=O)c2ccc(C)cc2)c2ccccc2)cc1. The van der Waals surface area contributed by atoms with E-state index in [-0.39, 0.29) is 4.90 Å². The van der Waals surface area contributed by atoms with Gasteiger partial charge in [-0.05, 0) is 52.8 Å². The standard InChI is InChI=1S/C20H19IO3S/c1-16-8-12-19(13-9-16)21(18-6-4-3-5-7-18)24-25(22,23)20-14-10-17(2)11-15-20/h3-15H,1-2H3/q+1. The van der Waals surface area contributed by atoms with Gasteiger partial charge >= 0.3 is 30.4 Å². The van der Waals surface area contributed by atoms with E-state index in [1.165, 1.54) is 0 Å². The van der Waals surface area contributed by atoms with Crippen molar-refractivity contribution < 1.29 is 31.2 Å². The Kier molecular flexibility index (Phi) is 5.56. The van der Waals surface area contributed by atoms with Crippen molar-refractivity contribution in [2.75, 3.05) is 0 Å². The second-order valence-corrected chi connectivity index (χ2v) is 12.2. The summed E-state index contributed by atoms with van der Waals surface area (Å²) in [6.07, 6.45) is 0. The van der Waals surface area contributed by atoms with Crippen LogP contribution in [0.15, 0.2) is 83.8 Å². The van der Waals surface area contributed by atoms with Crippen LogP contribution in [0.1, 0.15) is 11.1 Å². The lowest BCUT2D eigenvalue weighted by Gasteiger charge is -2.06. The molecule has 0 aliphatic rings. The third-order valence-electron chi connectivity index (χ3n) is 3.60. The molecule has 3 aromatic rings. The molecule has 0 N–H and O–H groups in total. The van der Waals surface area contributed by atoms with Gasteiger partial charge in [0.2, 0.25) is 0 Å². The zero-order valence-corrected chi connectivity index (χ0v) is 17.0. The van der Waals surface area contributed by atoms with E-state index in [1.807, 2.05) is 68.4 Å². The average molecular weight is 466 g/mol. The number of aryl methyl sites for hydroxylation is 2. The minimum absolute atomic E-state index is 0.198. The van der Waals surface area contributed by atoms with Gasteiger partial charge in [0.05, 0.1) is 4.90 Å². The van der Waals surface area contributed by atoms with Gasteiger partial charge in [-0.1, -0.05) is 53.6 Å². The van der Waals surface area contributed by atoms with Crippen LogP contribution in [0.2, 0.25) is 0 Å². The van der Waals surface area contributed by atoms with Crippen LogP contribution in [0.4, 0.5) is 0 Å². The summed E-state index contributed by atoms with van der Waals surface area (Å²) in [5, 5.41) is 0. The highest BCUT2D eigenvalue weighted by atomic mass is 127. The van der Waals surface area contributed by atoms with Gasteiger partial charge in [0.1, 0.15) is 0 Å². The van der Waals surface area contributed by atoms with Crippen molar-refractivity contribution in [3.8, 4) is 0 Å². The van der Waals surface area contributed by atoms with Gasteiger partial charge in [-0.2, -0.15) is 8.42 Å². The van der Waals surface area contributed by atoms with E-state index < -0.39 is 30.4 Å². The predicted molar refractivity (Wildman–Crippen MR) is 94.5 cm³/mol. The van der Waals surface area contributed by atoms with E-state index in [4.69, 9.17) is 2.51 Å². The highest BCUT2D eigenvalue weighted by molar-refractivity contribution is 7.86. The highest BCUT2D eigenvalue weighted by Gasteiger charge is 2.37. The van der Waals surface area contributed by atoms with Crippen molar-refractivity contribution in [2.24, 2.45) is 0 Å². The predicted octanol–water partition coefficient (Wildman–Crippen LogP) is 1.29. The molecule has 3 nitrogen and oxygen atoms in total. The Morgan fingerprint density at radius 2 is 1.16 bits per heavy atom. The number of hydrogen-bond acceptors (Lipinski definition) is 3. The maximum absolute atomic E-state index is 12.8. The van der Waals surface area contributed by atoms with Crippen LogP contribution in [-0.2, 0) is 12.6 Å². The molecule has 3 rings (SSSR count). The summed E-state index contributed by atoms with van der Waals surface area (Å²) in [5.41, 5.74) is 2.14. The summed E-state index contributed by atoms with van der Waals surface area (Å²) in [6.45, 7) is 3.93. The van der Waals surface area contributed by atoms with Crippen molar-refractivity contribution in [3.05, 3.63) is 97.1 Å². The molecule has 5 heteroatoms. The number of hydrogen-bond donors (Lipinski definition) is 0. The van der Waals surface area contributed by atoms with Crippen molar-refractivity contribution >= 4 is 10.1 Å². The molecule has 0 saturated carbocycles. The van der Waals surface area contributed by atoms with Crippen molar-refractivity contribution in [3.63, 3.8) is 0 Å². The Labute approximate surface area is 156 Å². The van der Waals surface area contributed by atoms with E-state index in [1.54, 1.807) is 24.3 Å². The molecule has 1 radical (unpaired) electrons. The van der Waals surface area contributed by atoms with Gasteiger partial charge in [0, 0.05) is 0 Å². The average Bonchev–Trinajstić information content (AvgIpc) is 2.62. The van der Waals surface area contributed by atoms with Crippen LogP contribution >= 0.6 is 0 Å². The minimum Gasteiger partial charge on any atom is -0.190 e. The Balaban J connectivity index is 2.00. The third-order valence-corrected chi connectivity index (χ3v) is 10.9. The van der Waals surface area contributed by atoms with E-state index in [0.717, 1.165) is 18.3 Å². The van der Waals surface area contributed by atoms with Crippen LogP contribution in [0.5, 0.6) is 0 Å². The molecule has 3 aromatic carbocycles. The first kappa shape index (κ1) is 18.1. The summed E-state index contributed by atoms with van der Waals surface area (Å²) in [5.74, 6) is 0. The van der Waals surface area contributed by atoms with Crippen LogP contribution in [-0.4, -0.2) is 8.42 Å². The number of rotatable bonds is 5.